The third-order valence-corrected chi connectivity index (χ3v) is 5.07. The van der Waals surface area contributed by atoms with Crippen LogP contribution in [0.3, 0.4) is 0 Å². The van der Waals surface area contributed by atoms with Gasteiger partial charge in [0.2, 0.25) is 0 Å². The average molecular weight is 331 g/mol. The van der Waals surface area contributed by atoms with Crippen LogP contribution in [0.25, 0.3) is 0 Å². The largest absolute Gasteiger partial charge is 0.309 e. The van der Waals surface area contributed by atoms with Crippen LogP contribution < -0.4 is 5.32 Å². The first-order valence-corrected chi connectivity index (χ1v) is 8.19. The molecule has 0 aromatic carbocycles. The van der Waals surface area contributed by atoms with E-state index in [-0.39, 0.29) is 0 Å². The molecule has 2 rings (SSSR count). The Hall–Kier alpha value is -0.230. The number of thiazole rings is 1. The van der Waals surface area contributed by atoms with Gasteiger partial charge < -0.3 is 5.32 Å². The first-order valence-electron chi connectivity index (χ1n) is 5.64. The Kier molecular flexibility index (Phi) is 5.16. The molecule has 17 heavy (non-hydrogen) atoms. The minimum Gasteiger partial charge on any atom is -0.309 e. The summed E-state index contributed by atoms with van der Waals surface area (Å²) in [5.74, 6) is 0. The Labute approximate surface area is 118 Å². The summed E-state index contributed by atoms with van der Waals surface area (Å²) in [6, 6.07) is 2.62. The van der Waals surface area contributed by atoms with Crippen LogP contribution in [0.5, 0.6) is 0 Å². The molecule has 2 nitrogen and oxygen atoms in total. The van der Waals surface area contributed by atoms with Gasteiger partial charge in [-0.1, -0.05) is 6.92 Å². The fraction of sp³-hybridized carbons (Fsp3) is 0.417. The molecule has 1 unspecified atom stereocenters. The van der Waals surface area contributed by atoms with Gasteiger partial charge in [-0.15, -0.1) is 22.7 Å². The highest BCUT2D eigenvalue weighted by Crippen LogP contribution is 2.28. The van der Waals surface area contributed by atoms with E-state index < -0.39 is 0 Å². The van der Waals surface area contributed by atoms with E-state index in [1.807, 2.05) is 11.7 Å². The summed E-state index contributed by atoms with van der Waals surface area (Å²) in [6.07, 6.45) is 4.15. The maximum atomic E-state index is 4.14. The molecule has 0 aliphatic rings. The quantitative estimate of drug-likeness (QED) is 0.856. The predicted molar refractivity (Wildman–Crippen MR) is 78.9 cm³/mol. The van der Waals surface area contributed by atoms with Crippen LogP contribution in [-0.4, -0.2) is 11.5 Å². The van der Waals surface area contributed by atoms with E-state index >= 15 is 0 Å². The molecule has 0 bridgehead atoms. The maximum Gasteiger partial charge on any atom is 0.0794 e. The van der Waals surface area contributed by atoms with Crippen molar-refractivity contribution >= 4 is 38.6 Å². The molecular formula is C12H15BrN2S2. The Balaban J connectivity index is 2.07. The summed E-state index contributed by atoms with van der Waals surface area (Å²) < 4.78 is 1.17. The van der Waals surface area contributed by atoms with Crippen molar-refractivity contribution in [3.05, 3.63) is 37.4 Å². The van der Waals surface area contributed by atoms with Crippen LogP contribution in [0.4, 0.5) is 0 Å². The number of aromatic nitrogens is 1. The lowest BCUT2D eigenvalue weighted by molar-refractivity contribution is 0.539. The van der Waals surface area contributed by atoms with Gasteiger partial charge in [0, 0.05) is 38.3 Å². The standard InChI is InChI=1S/C12H15BrN2S2/c1-2-3-15-11(5-10-6-14-8-17-10)12-4-9(13)7-16-12/h4,6-8,11,15H,2-3,5H2,1H3. The molecule has 2 heterocycles. The average Bonchev–Trinajstić information content (AvgIpc) is 2.95. The summed E-state index contributed by atoms with van der Waals surface area (Å²) in [5.41, 5.74) is 1.90. The lowest BCUT2D eigenvalue weighted by Gasteiger charge is -2.15. The molecule has 0 radical (unpaired) electrons. The molecule has 1 N–H and O–H groups in total. The number of nitrogens with one attached hydrogen (secondary N) is 1. The molecule has 1 atom stereocenters. The molecular weight excluding hydrogens is 316 g/mol. The van der Waals surface area contributed by atoms with E-state index in [1.165, 1.54) is 14.2 Å². The highest BCUT2D eigenvalue weighted by Gasteiger charge is 2.14. The van der Waals surface area contributed by atoms with Gasteiger partial charge in [-0.3, -0.25) is 4.98 Å². The fourth-order valence-corrected chi connectivity index (χ4v) is 3.81. The molecule has 0 aliphatic carbocycles. The Morgan fingerprint density at radius 1 is 1.47 bits per heavy atom. The van der Waals surface area contributed by atoms with E-state index in [0.29, 0.717) is 6.04 Å². The van der Waals surface area contributed by atoms with Crippen molar-refractivity contribution in [2.45, 2.75) is 25.8 Å². The summed E-state index contributed by atoms with van der Waals surface area (Å²) in [5, 5.41) is 5.75. The van der Waals surface area contributed by atoms with Gasteiger partial charge in [-0.25, -0.2) is 0 Å². The molecule has 0 saturated carbocycles. The number of halogens is 1. The van der Waals surface area contributed by atoms with Gasteiger partial charge in [-0.2, -0.15) is 0 Å². The first-order chi connectivity index (χ1) is 8.29. The van der Waals surface area contributed by atoms with Crippen molar-refractivity contribution in [1.82, 2.24) is 10.3 Å². The SMILES string of the molecule is CCCNC(Cc1cncs1)c1cc(Br)cs1. The molecule has 0 fully saturated rings. The molecule has 2 aromatic rings. The van der Waals surface area contributed by atoms with Crippen LogP contribution in [-0.2, 0) is 6.42 Å². The minimum atomic E-state index is 0.409. The molecule has 0 amide bonds. The number of hydrogen-bond acceptors (Lipinski definition) is 4. The molecule has 0 spiro atoms. The van der Waals surface area contributed by atoms with Gasteiger partial charge in [-0.05, 0) is 35.0 Å². The zero-order valence-corrected chi connectivity index (χ0v) is 12.9. The van der Waals surface area contributed by atoms with E-state index in [9.17, 15) is 0 Å². The number of rotatable bonds is 6. The topological polar surface area (TPSA) is 24.9 Å². The zero-order valence-electron chi connectivity index (χ0n) is 9.65. The predicted octanol–water partition coefficient (Wildman–Crippen LogP) is 4.25. The van der Waals surface area contributed by atoms with Gasteiger partial charge in [0.1, 0.15) is 0 Å². The monoisotopic (exact) mass is 330 g/mol. The molecule has 0 aliphatic heterocycles. The minimum absolute atomic E-state index is 0.409. The lowest BCUT2D eigenvalue weighted by atomic mass is 10.1. The lowest BCUT2D eigenvalue weighted by Crippen LogP contribution is -2.22. The second-order valence-electron chi connectivity index (χ2n) is 3.85. The Morgan fingerprint density at radius 2 is 2.35 bits per heavy atom. The number of thiophene rings is 1. The van der Waals surface area contributed by atoms with Gasteiger partial charge in [0.25, 0.3) is 0 Å². The third-order valence-electron chi connectivity index (χ3n) is 2.46. The van der Waals surface area contributed by atoms with Crippen LogP contribution >= 0.6 is 38.6 Å². The van der Waals surface area contributed by atoms with Crippen LogP contribution in [0.15, 0.2) is 27.6 Å². The summed E-state index contributed by atoms with van der Waals surface area (Å²) in [7, 11) is 0. The molecule has 2 aromatic heterocycles. The second kappa shape index (κ2) is 6.64. The van der Waals surface area contributed by atoms with Crippen molar-refractivity contribution in [3.63, 3.8) is 0 Å². The van der Waals surface area contributed by atoms with Crippen LogP contribution in [0.1, 0.15) is 29.1 Å². The van der Waals surface area contributed by atoms with Crippen molar-refractivity contribution < 1.29 is 0 Å². The second-order valence-corrected chi connectivity index (χ2v) is 6.68. The molecule has 0 saturated heterocycles. The normalized spacial score (nSPS) is 12.8. The highest BCUT2D eigenvalue weighted by molar-refractivity contribution is 9.10. The van der Waals surface area contributed by atoms with Gasteiger partial charge >= 0.3 is 0 Å². The molecule has 92 valence electrons. The number of hydrogen-bond donors (Lipinski definition) is 1. The van der Waals surface area contributed by atoms with Crippen molar-refractivity contribution in [1.29, 1.82) is 0 Å². The number of nitrogens with zero attached hydrogens (tertiary/aromatic N) is 1. The van der Waals surface area contributed by atoms with Gasteiger partial charge in [0.05, 0.1) is 5.51 Å². The molecule has 5 heteroatoms. The van der Waals surface area contributed by atoms with Crippen molar-refractivity contribution in [2.75, 3.05) is 6.54 Å². The maximum absolute atomic E-state index is 4.14. The smallest absolute Gasteiger partial charge is 0.0794 e. The van der Waals surface area contributed by atoms with Crippen LogP contribution in [0.2, 0.25) is 0 Å². The Morgan fingerprint density at radius 3 is 2.94 bits per heavy atom. The van der Waals surface area contributed by atoms with E-state index in [1.54, 1.807) is 22.7 Å². The first kappa shape index (κ1) is 13.2. The summed E-state index contributed by atoms with van der Waals surface area (Å²) in [4.78, 5) is 6.86. The third kappa shape index (κ3) is 3.88. The zero-order chi connectivity index (χ0) is 12.1. The summed E-state index contributed by atoms with van der Waals surface area (Å²) >= 11 is 7.05. The fourth-order valence-electron chi connectivity index (χ4n) is 1.65. The van der Waals surface area contributed by atoms with Crippen LogP contribution in [0, 0.1) is 0 Å². The van der Waals surface area contributed by atoms with E-state index in [2.05, 4.69) is 44.6 Å². The van der Waals surface area contributed by atoms with Crippen molar-refractivity contribution in [2.24, 2.45) is 0 Å². The summed E-state index contributed by atoms with van der Waals surface area (Å²) in [6.45, 7) is 3.25. The highest BCUT2D eigenvalue weighted by atomic mass is 79.9. The van der Waals surface area contributed by atoms with Gasteiger partial charge in [0.15, 0.2) is 0 Å². The van der Waals surface area contributed by atoms with E-state index in [0.717, 1.165) is 19.4 Å². The van der Waals surface area contributed by atoms with E-state index in [4.69, 9.17) is 0 Å². The van der Waals surface area contributed by atoms with Crippen molar-refractivity contribution in [3.8, 4) is 0 Å². The Bertz CT molecular complexity index is 439.